The summed E-state index contributed by atoms with van der Waals surface area (Å²) < 4.78 is 15.7. The molecular formula is C22H23N3O6. The molecule has 0 radical (unpaired) electrons. The zero-order valence-corrected chi connectivity index (χ0v) is 16.9. The van der Waals surface area contributed by atoms with E-state index in [2.05, 4.69) is 0 Å². The first kappa shape index (κ1) is 20.7. The molecule has 2 saturated heterocycles. The average Bonchev–Trinajstić information content (AvgIpc) is 3.20. The summed E-state index contributed by atoms with van der Waals surface area (Å²) in [5.41, 5.74) is 1.40. The summed E-state index contributed by atoms with van der Waals surface area (Å²) in [5.74, 6) is 0.873. The number of amides is 3. The summed E-state index contributed by atoms with van der Waals surface area (Å²) in [7, 11) is 0. The van der Waals surface area contributed by atoms with E-state index in [1.165, 1.54) is 0 Å². The Morgan fingerprint density at radius 3 is 2.35 bits per heavy atom. The summed E-state index contributed by atoms with van der Waals surface area (Å²) in [5, 5.41) is 0. The van der Waals surface area contributed by atoms with Gasteiger partial charge in [-0.1, -0.05) is 6.07 Å². The van der Waals surface area contributed by atoms with Crippen LogP contribution in [0, 0.1) is 0 Å². The molecule has 0 unspecified atom stereocenters. The zero-order chi connectivity index (χ0) is 21.6. The van der Waals surface area contributed by atoms with Crippen LogP contribution in [0.4, 0.5) is 16.2 Å². The average molecular weight is 425 g/mol. The van der Waals surface area contributed by atoms with Gasteiger partial charge >= 0.3 is 6.03 Å². The van der Waals surface area contributed by atoms with Crippen LogP contribution < -0.4 is 19.3 Å². The molecule has 2 aliphatic rings. The van der Waals surface area contributed by atoms with Crippen molar-refractivity contribution in [1.29, 1.82) is 0 Å². The predicted molar refractivity (Wildman–Crippen MR) is 113 cm³/mol. The zero-order valence-electron chi connectivity index (χ0n) is 16.9. The van der Waals surface area contributed by atoms with Crippen molar-refractivity contribution in [2.24, 2.45) is 0 Å². The van der Waals surface area contributed by atoms with E-state index in [0.29, 0.717) is 63.1 Å². The third kappa shape index (κ3) is 4.77. The first-order valence-corrected chi connectivity index (χ1v) is 10.0. The summed E-state index contributed by atoms with van der Waals surface area (Å²) >= 11 is 0. The van der Waals surface area contributed by atoms with Gasteiger partial charge in [0, 0.05) is 43.6 Å². The molecule has 2 heterocycles. The lowest BCUT2D eigenvalue weighted by Crippen LogP contribution is -2.42. The van der Waals surface area contributed by atoms with Crippen molar-refractivity contribution < 1.29 is 28.6 Å². The predicted octanol–water partition coefficient (Wildman–Crippen LogP) is 1.91. The van der Waals surface area contributed by atoms with Gasteiger partial charge in [-0.25, -0.2) is 4.79 Å². The Labute approximate surface area is 179 Å². The number of morpholine rings is 1. The quantitative estimate of drug-likeness (QED) is 0.630. The highest BCUT2D eigenvalue weighted by Crippen LogP contribution is 2.28. The Morgan fingerprint density at radius 2 is 1.65 bits per heavy atom. The van der Waals surface area contributed by atoms with Gasteiger partial charge in [0.15, 0.2) is 6.61 Å². The first-order valence-electron chi connectivity index (χ1n) is 10.0. The molecule has 9 nitrogen and oxygen atoms in total. The fraction of sp³-hybridized carbons (Fsp3) is 0.318. The molecule has 0 aromatic heterocycles. The van der Waals surface area contributed by atoms with Gasteiger partial charge in [0.1, 0.15) is 11.5 Å². The normalized spacial score (nSPS) is 16.4. The summed E-state index contributed by atoms with van der Waals surface area (Å²) in [6.07, 6.45) is 0. The fourth-order valence-corrected chi connectivity index (χ4v) is 3.57. The van der Waals surface area contributed by atoms with Crippen LogP contribution in [-0.4, -0.2) is 69.3 Å². The lowest BCUT2D eigenvalue weighted by molar-refractivity contribution is -0.137. The second-order valence-electron chi connectivity index (χ2n) is 7.07. The monoisotopic (exact) mass is 425 g/mol. The van der Waals surface area contributed by atoms with Gasteiger partial charge in [-0.3, -0.25) is 19.4 Å². The van der Waals surface area contributed by atoms with Crippen molar-refractivity contribution in [1.82, 2.24) is 4.90 Å². The molecule has 0 saturated carbocycles. The van der Waals surface area contributed by atoms with E-state index < -0.39 is 0 Å². The fourth-order valence-electron chi connectivity index (χ4n) is 3.57. The van der Waals surface area contributed by atoms with Crippen molar-refractivity contribution in [3.05, 3.63) is 48.5 Å². The van der Waals surface area contributed by atoms with Gasteiger partial charge in [-0.2, -0.15) is 0 Å². The molecule has 3 amide bonds. The highest BCUT2D eigenvalue weighted by molar-refractivity contribution is 6.06. The molecule has 4 rings (SSSR count). The Bertz CT molecular complexity index is 943. The number of ether oxygens (including phenoxy) is 3. The van der Waals surface area contributed by atoms with Gasteiger partial charge in [0.25, 0.3) is 12.4 Å². The van der Waals surface area contributed by atoms with Crippen LogP contribution in [0.2, 0.25) is 0 Å². The van der Waals surface area contributed by atoms with E-state index in [9.17, 15) is 14.4 Å². The maximum Gasteiger partial charge on any atom is 0.329 e. The largest absolute Gasteiger partial charge is 0.484 e. The Hall–Kier alpha value is -3.59. The smallest absolute Gasteiger partial charge is 0.329 e. The highest BCUT2D eigenvalue weighted by atomic mass is 16.5. The van der Waals surface area contributed by atoms with Crippen LogP contribution in [0.15, 0.2) is 48.5 Å². The lowest BCUT2D eigenvalue weighted by atomic mass is 10.3. The molecular weight excluding hydrogens is 402 g/mol. The lowest BCUT2D eigenvalue weighted by Gasteiger charge is -2.26. The van der Waals surface area contributed by atoms with Crippen LogP contribution in [0.25, 0.3) is 0 Å². The first-order chi connectivity index (χ1) is 15.2. The van der Waals surface area contributed by atoms with Gasteiger partial charge in [0.2, 0.25) is 0 Å². The Morgan fingerprint density at radius 1 is 0.935 bits per heavy atom. The molecule has 0 N–H and O–H groups in total. The minimum absolute atomic E-state index is 0.0328. The van der Waals surface area contributed by atoms with Crippen molar-refractivity contribution in [3.63, 3.8) is 0 Å². The molecule has 9 heteroatoms. The van der Waals surface area contributed by atoms with E-state index >= 15 is 0 Å². The number of carbonyl (C=O) groups excluding carboxylic acids is 3. The van der Waals surface area contributed by atoms with Crippen molar-refractivity contribution in [2.75, 3.05) is 55.8 Å². The minimum atomic E-state index is -0.167. The molecule has 162 valence electrons. The van der Waals surface area contributed by atoms with Crippen molar-refractivity contribution in [3.8, 4) is 11.5 Å². The van der Waals surface area contributed by atoms with Crippen LogP contribution in [-0.2, 0) is 14.3 Å². The molecule has 0 aliphatic carbocycles. The Balaban J connectivity index is 1.35. The van der Waals surface area contributed by atoms with Crippen LogP contribution in [0.1, 0.15) is 0 Å². The minimum Gasteiger partial charge on any atom is -0.484 e. The number of rotatable bonds is 7. The number of benzene rings is 2. The molecule has 0 atom stereocenters. The van der Waals surface area contributed by atoms with Crippen molar-refractivity contribution in [2.45, 2.75) is 0 Å². The third-order valence-electron chi connectivity index (χ3n) is 5.20. The second kappa shape index (κ2) is 9.48. The topological polar surface area (TPSA) is 88.6 Å². The number of carbonyl (C=O) groups is 3. The number of urea groups is 1. The third-order valence-corrected chi connectivity index (χ3v) is 5.20. The second-order valence-corrected chi connectivity index (χ2v) is 7.07. The van der Waals surface area contributed by atoms with Crippen LogP contribution in [0.3, 0.4) is 0 Å². The van der Waals surface area contributed by atoms with Gasteiger partial charge in [0.05, 0.1) is 13.2 Å². The highest BCUT2D eigenvalue weighted by Gasteiger charge is 2.30. The van der Waals surface area contributed by atoms with E-state index in [1.807, 2.05) is 0 Å². The SMILES string of the molecule is O=COc1cccc(N2CCN(c3ccc(OCC(=O)N4CCOCC4)cc3)C2=O)c1. The standard InChI is InChI=1S/C22H23N3O6/c26-16-31-20-3-1-2-18(14-20)25-9-8-24(22(25)28)17-4-6-19(7-5-17)30-15-21(27)23-10-12-29-13-11-23/h1-7,14,16H,8-13,15H2. The molecule has 2 aliphatic heterocycles. The summed E-state index contributed by atoms with van der Waals surface area (Å²) in [4.78, 5) is 40.7. The van der Waals surface area contributed by atoms with Gasteiger partial charge < -0.3 is 19.1 Å². The van der Waals surface area contributed by atoms with Gasteiger partial charge in [-0.15, -0.1) is 0 Å². The summed E-state index contributed by atoms with van der Waals surface area (Å²) in [6, 6.07) is 13.7. The summed E-state index contributed by atoms with van der Waals surface area (Å²) in [6.45, 7) is 3.62. The number of hydrogen-bond donors (Lipinski definition) is 0. The van der Waals surface area contributed by atoms with Crippen molar-refractivity contribution >= 4 is 29.8 Å². The van der Waals surface area contributed by atoms with Crippen LogP contribution in [0.5, 0.6) is 11.5 Å². The van der Waals surface area contributed by atoms with E-state index in [4.69, 9.17) is 14.2 Å². The molecule has 2 fully saturated rings. The van der Waals surface area contributed by atoms with Crippen LogP contribution >= 0.6 is 0 Å². The molecule has 31 heavy (non-hydrogen) atoms. The maximum absolute atomic E-state index is 12.9. The molecule has 2 aromatic rings. The van der Waals surface area contributed by atoms with Gasteiger partial charge in [-0.05, 0) is 36.4 Å². The Kier molecular flexibility index (Phi) is 6.32. The molecule has 0 bridgehead atoms. The maximum atomic E-state index is 12.9. The number of nitrogens with zero attached hydrogens (tertiary/aromatic N) is 3. The molecule has 2 aromatic carbocycles. The van der Waals surface area contributed by atoms with E-state index in [-0.39, 0.29) is 18.5 Å². The molecule has 0 spiro atoms. The van der Waals surface area contributed by atoms with E-state index in [0.717, 1.165) is 5.69 Å². The number of anilines is 2. The van der Waals surface area contributed by atoms with E-state index in [1.54, 1.807) is 63.2 Å². The number of hydrogen-bond acceptors (Lipinski definition) is 6.